The summed E-state index contributed by atoms with van der Waals surface area (Å²) in [5.74, 6) is -0.484. The van der Waals surface area contributed by atoms with Gasteiger partial charge in [-0.2, -0.15) is 0 Å². The van der Waals surface area contributed by atoms with Crippen LogP contribution in [0.5, 0.6) is 0 Å². The van der Waals surface area contributed by atoms with E-state index >= 15 is 0 Å². The smallest absolute Gasteiger partial charge is 0.346 e. The van der Waals surface area contributed by atoms with Crippen LogP contribution < -0.4 is 11.0 Å². The van der Waals surface area contributed by atoms with Gasteiger partial charge in [0.15, 0.2) is 0 Å². The number of hydrogen-bond donors (Lipinski definition) is 1. The topological polar surface area (TPSA) is 89.2 Å². The molecular weight excluding hydrogens is 346 g/mol. The van der Waals surface area contributed by atoms with Gasteiger partial charge in [-0.25, -0.2) is 9.48 Å². The Morgan fingerprint density at radius 3 is 2.78 bits per heavy atom. The molecule has 1 N–H and O–H groups in total. The third kappa shape index (κ3) is 4.10. The molecule has 1 aromatic heterocycles. The Balaban J connectivity index is 1.76. The fourth-order valence-electron chi connectivity index (χ4n) is 3.11. The van der Waals surface area contributed by atoms with Crippen molar-refractivity contribution < 1.29 is 9.59 Å². The molecule has 0 aliphatic carbocycles. The van der Waals surface area contributed by atoms with E-state index in [4.69, 9.17) is 0 Å². The van der Waals surface area contributed by atoms with Gasteiger partial charge in [-0.15, -0.1) is 5.10 Å². The molecule has 0 radical (unpaired) electrons. The van der Waals surface area contributed by atoms with E-state index in [9.17, 15) is 14.4 Å². The van der Waals surface area contributed by atoms with Crippen molar-refractivity contribution in [2.24, 2.45) is 0 Å². The molecule has 2 heterocycles. The first kappa shape index (κ1) is 18.9. The number of nitrogens with zero attached hydrogens (tertiary/aromatic N) is 4. The van der Waals surface area contributed by atoms with Gasteiger partial charge in [0.05, 0.1) is 0 Å². The fraction of sp³-hybridized carbons (Fsp3) is 0.474. The largest absolute Gasteiger partial charge is 0.352 e. The van der Waals surface area contributed by atoms with E-state index in [-0.39, 0.29) is 30.2 Å². The summed E-state index contributed by atoms with van der Waals surface area (Å²) in [5.41, 5.74) is 1.74. The second-order valence-corrected chi connectivity index (χ2v) is 7.01. The lowest BCUT2D eigenvalue weighted by atomic mass is 10.1. The van der Waals surface area contributed by atoms with Gasteiger partial charge in [-0.05, 0) is 25.8 Å². The SMILES string of the molecule is CCC(C)NC(=O)Cn1nc2n(c1=O)CCN(Cc1cccc(C)c1)C2=O. The van der Waals surface area contributed by atoms with Crippen LogP contribution in [-0.2, 0) is 24.4 Å². The second kappa shape index (κ2) is 7.77. The van der Waals surface area contributed by atoms with Crippen molar-refractivity contribution in [3.63, 3.8) is 0 Å². The maximum Gasteiger partial charge on any atom is 0.346 e. The van der Waals surface area contributed by atoms with Gasteiger partial charge in [0.25, 0.3) is 5.91 Å². The van der Waals surface area contributed by atoms with Crippen molar-refractivity contribution in [1.29, 1.82) is 0 Å². The summed E-state index contributed by atoms with van der Waals surface area (Å²) in [6, 6.07) is 7.99. The zero-order chi connectivity index (χ0) is 19.6. The predicted molar refractivity (Wildman–Crippen MR) is 100 cm³/mol. The molecular formula is C19H25N5O3. The Bertz CT molecular complexity index is 914. The van der Waals surface area contributed by atoms with Crippen LogP contribution in [0.4, 0.5) is 0 Å². The molecule has 8 heteroatoms. The molecule has 1 aliphatic heterocycles. The molecule has 1 aliphatic rings. The molecule has 1 unspecified atom stereocenters. The molecule has 0 spiro atoms. The highest BCUT2D eigenvalue weighted by atomic mass is 16.2. The van der Waals surface area contributed by atoms with Crippen molar-refractivity contribution >= 4 is 11.8 Å². The van der Waals surface area contributed by atoms with Crippen LogP contribution in [0.15, 0.2) is 29.1 Å². The summed E-state index contributed by atoms with van der Waals surface area (Å²) < 4.78 is 2.42. The van der Waals surface area contributed by atoms with Crippen LogP contribution in [-0.4, -0.2) is 43.6 Å². The Hall–Kier alpha value is -2.90. The maximum absolute atomic E-state index is 12.8. The quantitative estimate of drug-likeness (QED) is 0.818. The van der Waals surface area contributed by atoms with Crippen LogP contribution in [0.25, 0.3) is 0 Å². The number of benzene rings is 1. The maximum atomic E-state index is 12.8. The molecule has 1 aromatic carbocycles. The summed E-state index contributed by atoms with van der Waals surface area (Å²) in [7, 11) is 0. The minimum absolute atomic E-state index is 0.0249. The predicted octanol–water partition coefficient (Wildman–Crippen LogP) is 0.924. The van der Waals surface area contributed by atoms with E-state index in [0.717, 1.165) is 22.2 Å². The molecule has 3 rings (SSSR count). The number of fused-ring (bicyclic) bond motifs is 1. The van der Waals surface area contributed by atoms with E-state index in [1.165, 1.54) is 4.57 Å². The minimum Gasteiger partial charge on any atom is -0.352 e. The van der Waals surface area contributed by atoms with Crippen LogP contribution in [0.1, 0.15) is 42.0 Å². The summed E-state index contributed by atoms with van der Waals surface area (Å²) in [6.07, 6.45) is 0.798. The number of hydrogen-bond acceptors (Lipinski definition) is 4. The summed E-state index contributed by atoms with van der Waals surface area (Å²) in [6.45, 7) is 6.96. The standard InChI is InChI=1S/C19H25N5O3/c1-4-14(3)20-16(25)12-24-19(27)23-9-8-22(18(26)17(23)21-24)11-15-7-5-6-13(2)10-15/h5-7,10,14H,4,8-9,11-12H2,1-3H3,(H,20,25). The summed E-state index contributed by atoms with van der Waals surface area (Å²) in [5, 5.41) is 6.93. The molecule has 0 fully saturated rings. The lowest BCUT2D eigenvalue weighted by molar-refractivity contribution is -0.122. The molecule has 0 saturated heterocycles. The van der Waals surface area contributed by atoms with Crippen molar-refractivity contribution in [1.82, 2.24) is 24.6 Å². The summed E-state index contributed by atoms with van der Waals surface area (Å²) >= 11 is 0. The number of carbonyl (C=O) groups excluding carboxylic acids is 2. The third-order valence-electron chi connectivity index (χ3n) is 4.76. The van der Waals surface area contributed by atoms with Gasteiger partial charge in [-0.3, -0.25) is 14.2 Å². The van der Waals surface area contributed by atoms with Crippen LogP contribution in [0.2, 0.25) is 0 Å². The monoisotopic (exact) mass is 371 g/mol. The Kier molecular flexibility index (Phi) is 5.43. The summed E-state index contributed by atoms with van der Waals surface area (Å²) in [4.78, 5) is 39.0. The van der Waals surface area contributed by atoms with Crippen LogP contribution in [0, 0.1) is 6.92 Å². The highest BCUT2D eigenvalue weighted by Crippen LogP contribution is 2.13. The lowest BCUT2D eigenvalue weighted by Gasteiger charge is -2.26. The molecule has 2 aromatic rings. The number of aryl methyl sites for hydroxylation is 1. The average Bonchev–Trinajstić information content (AvgIpc) is 2.94. The Morgan fingerprint density at radius 1 is 1.30 bits per heavy atom. The first-order valence-corrected chi connectivity index (χ1v) is 9.21. The van der Waals surface area contributed by atoms with E-state index in [2.05, 4.69) is 10.4 Å². The molecule has 2 amide bonds. The zero-order valence-electron chi connectivity index (χ0n) is 15.9. The Morgan fingerprint density at radius 2 is 2.07 bits per heavy atom. The number of aromatic nitrogens is 3. The number of carbonyl (C=O) groups is 2. The highest BCUT2D eigenvalue weighted by molar-refractivity contribution is 5.91. The van der Waals surface area contributed by atoms with Crippen LogP contribution in [0.3, 0.4) is 0 Å². The lowest BCUT2D eigenvalue weighted by Crippen LogP contribution is -2.42. The molecule has 1 atom stereocenters. The highest BCUT2D eigenvalue weighted by Gasteiger charge is 2.30. The zero-order valence-corrected chi connectivity index (χ0v) is 15.9. The van der Waals surface area contributed by atoms with Gasteiger partial charge in [0.1, 0.15) is 6.54 Å². The average molecular weight is 371 g/mol. The Labute approximate surface area is 157 Å². The third-order valence-corrected chi connectivity index (χ3v) is 4.76. The van der Waals surface area contributed by atoms with Crippen molar-refractivity contribution in [3.05, 3.63) is 51.7 Å². The number of nitrogens with one attached hydrogen (secondary N) is 1. The molecule has 0 bridgehead atoms. The second-order valence-electron chi connectivity index (χ2n) is 7.01. The van der Waals surface area contributed by atoms with Gasteiger partial charge >= 0.3 is 5.69 Å². The first-order valence-electron chi connectivity index (χ1n) is 9.21. The van der Waals surface area contributed by atoms with Crippen LogP contribution >= 0.6 is 0 Å². The molecule has 8 nitrogen and oxygen atoms in total. The van der Waals surface area contributed by atoms with E-state index in [1.54, 1.807) is 4.90 Å². The normalized spacial score (nSPS) is 14.8. The van der Waals surface area contributed by atoms with Gasteiger partial charge in [0.2, 0.25) is 11.7 Å². The van der Waals surface area contributed by atoms with E-state index in [1.807, 2.05) is 45.0 Å². The van der Waals surface area contributed by atoms with Crippen molar-refractivity contribution in [2.45, 2.75) is 52.9 Å². The van der Waals surface area contributed by atoms with E-state index in [0.29, 0.717) is 19.6 Å². The van der Waals surface area contributed by atoms with Crippen molar-refractivity contribution in [3.8, 4) is 0 Å². The van der Waals surface area contributed by atoms with E-state index < -0.39 is 5.69 Å². The van der Waals surface area contributed by atoms with Gasteiger partial charge in [-0.1, -0.05) is 36.8 Å². The first-order chi connectivity index (χ1) is 12.9. The molecule has 0 saturated carbocycles. The van der Waals surface area contributed by atoms with Crippen molar-refractivity contribution in [2.75, 3.05) is 6.54 Å². The molecule has 27 heavy (non-hydrogen) atoms. The molecule has 144 valence electrons. The van der Waals surface area contributed by atoms with Gasteiger partial charge in [0, 0.05) is 25.7 Å². The number of amides is 2. The van der Waals surface area contributed by atoms with Gasteiger partial charge < -0.3 is 10.2 Å². The minimum atomic E-state index is -0.423. The fourth-order valence-corrected chi connectivity index (χ4v) is 3.11. The number of rotatable bonds is 6.